The maximum Gasteiger partial charge on any atom is 0.228 e. The third-order valence-electron chi connectivity index (χ3n) is 6.68. The van der Waals surface area contributed by atoms with Crippen LogP contribution in [0.5, 0.6) is 11.5 Å². The van der Waals surface area contributed by atoms with Gasteiger partial charge >= 0.3 is 0 Å². The van der Waals surface area contributed by atoms with Gasteiger partial charge in [-0.15, -0.1) is 0 Å². The van der Waals surface area contributed by atoms with Gasteiger partial charge < -0.3 is 18.8 Å². The fraction of sp³-hybridized carbons (Fsp3) is 0.300. The summed E-state index contributed by atoms with van der Waals surface area (Å²) in [6, 6.07) is 21.3. The minimum atomic E-state index is -0.129. The third-order valence-corrected chi connectivity index (χ3v) is 6.68. The molecule has 4 aromatic rings. The molecule has 1 aliphatic heterocycles. The molecule has 2 heterocycles. The van der Waals surface area contributed by atoms with Crippen LogP contribution in [-0.4, -0.2) is 43.5 Å². The van der Waals surface area contributed by atoms with Gasteiger partial charge in [-0.3, -0.25) is 4.79 Å². The Balaban J connectivity index is 1.52. The second-order valence-electron chi connectivity index (χ2n) is 8.81. The second kappa shape index (κ2) is 10.4. The number of fused-ring (bicyclic) bond motifs is 2. The molecule has 0 spiro atoms. The van der Waals surface area contributed by atoms with Crippen molar-refractivity contribution in [3.63, 3.8) is 0 Å². The fourth-order valence-electron chi connectivity index (χ4n) is 4.66. The van der Waals surface area contributed by atoms with Gasteiger partial charge in [-0.25, -0.2) is 0 Å². The molecule has 0 unspecified atom stereocenters. The van der Waals surface area contributed by atoms with E-state index < -0.39 is 0 Å². The number of carbonyl (C=O) groups is 1. The molecule has 1 aromatic heterocycles. The first-order valence-electron chi connectivity index (χ1n) is 12.5. The molecule has 0 amide bonds. The number of ketones is 1. The lowest BCUT2D eigenvalue weighted by Gasteiger charge is -2.18. The quantitative estimate of drug-likeness (QED) is 0.266. The van der Waals surface area contributed by atoms with Gasteiger partial charge in [0.2, 0.25) is 5.78 Å². The third kappa shape index (κ3) is 4.82. The summed E-state index contributed by atoms with van der Waals surface area (Å²) < 4.78 is 18.0. The first-order valence-corrected chi connectivity index (χ1v) is 12.5. The van der Waals surface area contributed by atoms with Crippen molar-refractivity contribution < 1.29 is 18.7 Å². The van der Waals surface area contributed by atoms with Gasteiger partial charge in [0.25, 0.3) is 0 Å². The van der Waals surface area contributed by atoms with Crippen LogP contribution < -0.4 is 9.47 Å². The highest BCUT2D eigenvalue weighted by Gasteiger charge is 2.25. The number of nitrogens with zero attached hydrogens (tertiary/aromatic N) is 1. The summed E-state index contributed by atoms with van der Waals surface area (Å²) in [6.07, 6.45) is 1.94. The molecule has 0 N–H and O–H groups in total. The molecule has 5 rings (SSSR count). The number of furan rings is 1. The topological polar surface area (TPSA) is 51.9 Å². The van der Waals surface area contributed by atoms with Crippen LogP contribution >= 0.6 is 0 Å². The zero-order valence-electron chi connectivity index (χ0n) is 20.4. The van der Waals surface area contributed by atoms with Gasteiger partial charge in [-0.05, 0) is 55.3 Å². The highest BCUT2D eigenvalue weighted by molar-refractivity contribution is 6.15. The van der Waals surface area contributed by atoms with Crippen LogP contribution in [0.25, 0.3) is 22.1 Å². The Morgan fingerprint density at radius 3 is 2.51 bits per heavy atom. The summed E-state index contributed by atoms with van der Waals surface area (Å²) in [6.45, 7) is 8.58. The number of benzene rings is 3. The number of hydrogen-bond acceptors (Lipinski definition) is 5. The average Bonchev–Trinajstić information content (AvgIpc) is 3.28. The molecule has 5 nitrogen and oxygen atoms in total. The lowest BCUT2D eigenvalue weighted by molar-refractivity contribution is 0.101. The number of ether oxygens (including phenoxy) is 2. The molecule has 0 aliphatic carbocycles. The molecule has 180 valence electrons. The first kappa shape index (κ1) is 23.2. The van der Waals surface area contributed by atoms with Gasteiger partial charge in [0.05, 0.1) is 6.61 Å². The van der Waals surface area contributed by atoms with Gasteiger partial charge in [-0.2, -0.15) is 0 Å². The van der Waals surface area contributed by atoms with Crippen molar-refractivity contribution in [2.24, 2.45) is 0 Å². The van der Waals surface area contributed by atoms with E-state index in [0.29, 0.717) is 30.1 Å². The minimum absolute atomic E-state index is 0.129. The predicted molar refractivity (Wildman–Crippen MR) is 139 cm³/mol. The molecule has 0 saturated heterocycles. The van der Waals surface area contributed by atoms with Crippen molar-refractivity contribution in [3.8, 4) is 22.6 Å². The summed E-state index contributed by atoms with van der Waals surface area (Å²) in [7, 11) is 0. The van der Waals surface area contributed by atoms with E-state index in [1.165, 1.54) is 0 Å². The number of carbonyl (C=O) groups excluding carboxylic acids is 1. The van der Waals surface area contributed by atoms with Crippen LogP contribution in [0.15, 0.2) is 71.1 Å². The Morgan fingerprint density at radius 2 is 1.77 bits per heavy atom. The van der Waals surface area contributed by atoms with Crippen LogP contribution in [0.2, 0.25) is 0 Å². The van der Waals surface area contributed by atoms with Crippen LogP contribution in [0.1, 0.15) is 41.9 Å². The molecule has 35 heavy (non-hydrogen) atoms. The largest absolute Gasteiger partial charge is 0.493 e. The summed E-state index contributed by atoms with van der Waals surface area (Å²) in [5, 5.41) is 0.934. The number of hydrogen-bond donors (Lipinski definition) is 0. The zero-order chi connectivity index (χ0) is 24.2. The smallest absolute Gasteiger partial charge is 0.228 e. The van der Waals surface area contributed by atoms with E-state index in [4.69, 9.17) is 13.9 Å². The normalized spacial score (nSPS) is 13.0. The lowest BCUT2D eigenvalue weighted by Crippen LogP contribution is -2.27. The van der Waals surface area contributed by atoms with E-state index in [0.717, 1.165) is 66.1 Å². The van der Waals surface area contributed by atoms with Crippen LogP contribution in [0.4, 0.5) is 0 Å². The van der Waals surface area contributed by atoms with Gasteiger partial charge in [0.1, 0.15) is 23.7 Å². The van der Waals surface area contributed by atoms with Gasteiger partial charge in [-0.1, -0.05) is 56.3 Å². The Kier molecular flexibility index (Phi) is 6.87. The molecule has 0 saturated carbocycles. The summed E-state index contributed by atoms with van der Waals surface area (Å²) in [4.78, 5) is 15.8. The van der Waals surface area contributed by atoms with Crippen LogP contribution in [0.3, 0.4) is 0 Å². The molecular weight excluding hydrogens is 438 g/mol. The van der Waals surface area contributed by atoms with Gasteiger partial charge in [0, 0.05) is 29.1 Å². The van der Waals surface area contributed by atoms with E-state index >= 15 is 0 Å². The standard InChI is InChI=1S/C30H31NO4/c1-3-31(4-2)16-18-33-24-14-12-21(13-15-24)28-25-19-23-11-8-17-34-26(23)20-27(25)35-30(28)29(32)22-9-6-5-7-10-22/h5-7,9-10,12-15,19-20H,3-4,8,11,16-18H2,1-2H3. The van der Waals surface area contributed by atoms with Gasteiger partial charge in [0.15, 0.2) is 5.76 Å². The van der Waals surface area contributed by atoms with Crippen molar-refractivity contribution in [2.45, 2.75) is 26.7 Å². The summed E-state index contributed by atoms with van der Waals surface area (Å²) in [5.41, 5.74) is 4.17. The molecule has 0 fully saturated rings. The lowest BCUT2D eigenvalue weighted by atomic mass is 9.95. The number of likely N-dealkylation sites (N-methyl/N-ethyl adjacent to an activating group) is 1. The average molecular weight is 470 g/mol. The fourth-order valence-corrected chi connectivity index (χ4v) is 4.66. The summed E-state index contributed by atoms with van der Waals surface area (Å²) in [5.74, 6) is 1.88. The van der Waals surface area contributed by atoms with E-state index in [1.54, 1.807) is 0 Å². The molecule has 0 bridgehead atoms. The minimum Gasteiger partial charge on any atom is -0.493 e. The maximum atomic E-state index is 13.5. The second-order valence-corrected chi connectivity index (χ2v) is 8.81. The molecule has 3 aromatic carbocycles. The van der Waals surface area contributed by atoms with E-state index in [2.05, 4.69) is 24.8 Å². The molecule has 0 atom stereocenters. The number of aryl methyl sites for hydroxylation is 1. The number of rotatable bonds is 9. The van der Waals surface area contributed by atoms with Crippen molar-refractivity contribution in [2.75, 3.05) is 32.8 Å². The highest BCUT2D eigenvalue weighted by Crippen LogP contribution is 2.40. The van der Waals surface area contributed by atoms with Crippen molar-refractivity contribution in [1.82, 2.24) is 4.90 Å². The molecule has 1 aliphatic rings. The van der Waals surface area contributed by atoms with E-state index in [1.807, 2.05) is 60.7 Å². The first-order chi connectivity index (χ1) is 17.2. The Morgan fingerprint density at radius 1 is 1.00 bits per heavy atom. The zero-order valence-corrected chi connectivity index (χ0v) is 20.4. The Labute approximate surface area is 206 Å². The molecule has 0 radical (unpaired) electrons. The van der Waals surface area contributed by atoms with E-state index in [-0.39, 0.29) is 5.78 Å². The highest BCUT2D eigenvalue weighted by atomic mass is 16.5. The van der Waals surface area contributed by atoms with Crippen LogP contribution in [0, 0.1) is 0 Å². The SMILES string of the molecule is CCN(CC)CCOc1ccc(-c2c(C(=O)c3ccccc3)oc3cc4c(cc23)CCCO4)cc1. The molecular formula is C30H31NO4. The monoisotopic (exact) mass is 469 g/mol. The molecule has 5 heteroatoms. The Hall–Kier alpha value is -3.57. The van der Waals surface area contributed by atoms with Crippen molar-refractivity contribution >= 4 is 16.8 Å². The van der Waals surface area contributed by atoms with Crippen LogP contribution in [-0.2, 0) is 6.42 Å². The Bertz CT molecular complexity index is 1300. The maximum absolute atomic E-state index is 13.5. The van der Waals surface area contributed by atoms with Crippen molar-refractivity contribution in [1.29, 1.82) is 0 Å². The summed E-state index contributed by atoms with van der Waals surface area (Å²) >= 11 is 0. The predicted octanol–water partition coefficient (Wildman–Crippen LogP) is 6.38. The van der Waals surface area contributed by atoms with E-state index in [9.17, 15) is 4.79 Å². The van der Waals surface area contributed by atoms with Crippen molar-refractivity contribution in [3.05, 3.63) is 83.6 Å².